The number of hydrogen-bond acceptors (Lipinski definition) is 3. The van der Waals surface area contributed by atoms with E-state index in [2.05, 4.69) is 0 Å². The van der Waals surface area contributed by atoms with Crippen LogP contribution in [0.4, 0.5) is 0 Å². The molecular formula is C8H10N2O3. The van der Waals surface area contributed by atoms with Gasteiger partial charge in [-0.1, -0.05) is 0 Å². The van der Waals surface area contributed by atoms with E-state index < -0.39 is 12.0 Å². The summed E-state index contributed by atoms with van der Waals surface area (Å²) in [7, 11) is 0. The van der Waals surface area contributed by atoms with Crippen LogP contribution in [0.1, 0.15) is 19.3 Å². The van der Waals surface area contributed by atoms with Crippen LogP contribution >= 0.6 is 0 Å². The highest BCUT2D eigenvalue weighted by Gasteiger charge is 2.35. The zero-order valence-corrected chi connectivity index (χ0v) is 7.06. The van der Waals surface area contributed by atoms with Gasteiger partial charge in [-0.3, -0.25) is 4.79 Å². The lowest BCUT2D eigenvalue weighted by molar-refractivity contribution is -0.146. The number of aliphatic carboxylic acids is 1. The number of likely N-dealkylation sites (tertiary alicyclic amines) is 1. The molecule has 0 bridgehead atoms. The van der Waals surface area contributed by atoms with Crippen LogP contribution < -0.4 is 0 Å². The van der Waals surface area contributed by atoms with Crippen LogP contribution in [0.15, 0.2) is 0 Å². The van der Waals surface area contributed by atoms with Gasteiger partial charge in [0.15, 0.2) is 0 Å². The Kier molecular flexibility index (Phi) is 2.85. The fourth-order valence-electron chi connectivity index (χ4n) is 1.44. The third-order valence-electron chi connectivity index (χ3n) is 2.08. The lowest BCUT2D eigenvalue weighted by atomic mass is 10.2. The predicted octanol–water partition coefficient (Wildman–Crippen LogP) is -0.0243. The normalized spacial score (nSPS) is 21.6. The van der Waals surface area contributed by atoms with Gasteiger partial charge in [-0.05, 0) is 6.42 Å². The third kappa shape index (κ3) is 1.96. The molecule has 0 aromatic carbocycles. The van der Waals surface area contributed by atoms with E-state index in [9.17, 15) is 9.59 Å². The number of carboxylic acids is 1. The summed E-state index contributed by atoms with van der Waals surface area (Å²) in [5, 5.41) is 17.0. The minimum atomic E-state index is -0.983. The predicted molar refractivity (Wildman–Crippen MR) is 42.6 cm³/mol. The molecule has 70 valence electrons. The van der Waals surface area contributed by atoms with Gasteiger partial charge in [-0.2, -0.15) is 5.26 Å². The standard InChI is InChI=1S/C8H10N2O3/c9-4-1-5-10-6(8(12)13)2-3-7(10)11/h6H,1-3,5H2,(H,12,13). The lowest BCUT2D eigenvalue weighted by Gasteiger charge is -2.19. The quantitative estimate of drug-likeness (QED) is 0.664. The monoisotopic (exact) mass is 182 g/mol. The van der Waals surface area contributed by atoms with Crippen molar-refractivity contribution in [3.8, 4) is 6.07 Å². The van der Waals surface area contributed by atoms with Crippen LogP contribution in [0, 0.1) is 11.3 Å². The first kappa shape index (κ1) is 9.52. The highest BCUT2D eigenvalue weighted by molar-refractivity contribution is 5.87. The van der Waals surface area contributed by atoms with Crippen LogP contribution in [0.3, 0.4) is 0 Å². The van der Waals surface area contributed by atoms with Gasteiger partial charge in [-0.15, -0.1) is 0 Å². The molecule has 1 N–H and O–H groups in total. The Morgan fingerprint density at radius 2 is 2.46 bits per heavy atom. The van der Waals surface area contributed by atoms with Crippen molar-refractivity contribution in [3.63, 3.8) is 0 Å². The van der Waals surface area contributed by atoms with Crippen LogP contribution in [0.2, 0.25) is 0 Å². The Morgan fingerprint density at radius 3 is 3.00 bits per heavy atom. The van der Waals surface area contributed by atoms with Gasteiger partial charge in [0.05, 0.1) is 12.5 Å². The van der Waals surface area contributed by atoms with E-state index >= 15 is 0 Å². The van der Waals surface area contributed by atoms with E-state index in [0.29, 0.717) is 6.42 Å². The molecule has 1 aliphatic rings. The Balaban J connectivity index is 2.61. The van der Waals surface area contributed by atoms with Gasteiger partial charge in [0.25, 0.3) is 0 Å². The van der Waals surface area contributed by atoms with E-state index in [0.717, 1.165) is 0 Å². The van der Waals surface area contributed by atoms with Crippen molar-refractivity contribution in [1.29, 1.82) is 5.26 Å². The summed E-state index contributed by atoms with van der Waals surface area (Å²) in [5.74, 6) is -1.15. The molecule has 1 heterocycles. The van der Waals surface area contributed by atoms with E-state index in [4.69, 9.17) is 10.4 Å². The minimum absolute atomic E-state index is 0.164. The van der Waals surface area contributed by atoms with Gasteiger partial charge in [0, 0.05) is 13.0 Å². The molecule has 5 nitrogen and oxygen atoms in total. The highest BCUT2D eigenvalue weighted by Crippen LogP contribution is 2.18. The maximum absolute atomic E-state index is 11.1. The molecular weight excluding hydrogens is 172 g/mol. The number of rotatable bonds is 3. The molecule has 1 fully saturated rings. The lowest BCUT2D eigenvalue weighted by Crippen LogP contribution is -2.38. The highest BCUT2D eigenvalue weighted by atomic mass is 16.4. The first-order chi connectivity index (χ1) is 6.16. The summed E-state index contributed by atoms with van der Waals surface area (Å²) < 4.78 is 0. The Hall–Kier alpha value is -1.57. The molecule has 1 rings (SSSR count). The van der Waals surface area contributed by atoms with Gasteiger partial charge in [-0.25, -0.2) is 4.79 Å². The Bertz CT molecular complexity index is 269. The average molecular weight is 182 g/mol. The average Bonchev–Trinajstić information content (AvgIpc) is 2.43. The van der Waals surface area contributed by atoms with Crippen molar-refractivity contribution in [2.24, 2.45) is 0 Å². The second-order valence-electron chi connectivity index (χ2n) is 2.89. The fraction of sp³-hybridized carbons (Fsp3) is 0.625. The molecule has 0 aliphatic carbocycles. The maximum Gasteiger partial charge on any atom is 0.326 e. The largest absolute Gasteiger partial charge is 0.480 e. The first-order valence-electron chi connectivity index (χ1n) is 4.06. The molecule has 0 aromatic rings. The summed E-state index contributed by atoms with van der Waals surface area (Å²) in [6.07, 6.45) is 0.831. The van der Waals surface area contributed by atoms with E-state index in [1.54, 1.807) is 0 Å². The van der Waals surface area contributed by atoms with Crippen molar-refractivity contribution >= 4 is 11.9 Å². The van der Waals surface area contributed by atoms with Crippen LogP contribution in [0.25, 0.3) is 0 Å². The molecule has 1 saturated heterocycles. The molecule has 1 aliphatic heterocycles. The molecule has 0 saturated carbocycles. The van der Waals surface area contributed by atoms with E-state index in [-0.39, 0.29) is 25.3 Å². The van der Waals surface area contributed by atoms with Crippen LogP contribution in [-0.4, -0.2) is 34.5 Å². The Labute approximate surface area is 75.6 Å². The Morgan fingerprint density at radius 1 is 1.77 bits per heavy atom. The SMILES string of the molecule is N#CCCN1C(=O)CCC1C(=O)O. The van der Waals surface area contributed by atoms with Crippen LogP contribution in [-0.2, 0) is 9.59 Å². The number of hydrogen-bond donors (Lipinski definition) is 1. The second-order valence-corrected chi connectivity index (χ2v) is 2.89. The van der Waals surface area contributed by atoms with E-state index in [1.807, 2.05) is 6.07 Å². The smallest absolute Gasteiger partial charge is 0.326 e. The summed E-state index contributed by atoms with van der Waals surface area (Å²) in [6.45, 7) is 0.228. The van der Waals surface area contributed by atoms with Gasteiger partial charge < -0.3 is 10.0 Å². The van der Waals surface area contributed by atoms with Crippen LogP contribution in [0.5, 0.6) is 0 Å². The molecule has 5 heteroatoms. The topological polar surface area (TPSA) is 81.4 Å². The third-order valence-corrected chi connectivity index (χ3v) is 2.08. The van der Waals surface area contributed by atoms with Crippen molar-refractivity contribution in [2.75, 3.05) is 6.54 Å². The van der Waals surface area contributed by atoms with Crippen molar-refractivity contribution < 1.29 is 14.7 Å². The molecule has 0 radical (unpaired) electrons. The zero-order chi connectivity index (χ0) is 9.84. The maximum atomic E-state index is 11.1. The fourth-order valence-corrected chi connectivity index (χ4v) is 1.44. The zero-order valence-electron chi connectivity index (χ0n) is 7.06. The molecule has 1 atom stereocenters. The number of carbonyl (C=O) groups is 2. The van der Waals surface area contributed by atoms with Gasteiger partial charge >= 0.3 is 5.97 Å². The van der Waals surface area contributed by atoms with E-state index in [1.165, 1.54) is 4.90 Å². The number of nitriles is 1. The second kappa shape index (κ2) is 3.90. The molecule has 0 aromatic heterocycles. The number of nitrogens with zero attached hydrogens (tertiary/aromatic N) is 2. The number of carbonyl (C=O) groups excluding carboxylic acids is 1. The summed E-state index contributed by atoms with van der Waals surface area (Å²) in [6, 6.07) is 1.17. The first-order valence-corrected chi connectivity index (χ1v) is 4.06. The van der Waals surface area contributed by atoms with Crippen molar-refractivity contribution in [3.05, 3.63) is 0 Å². The molecule has 0 spiro atoms. The van der Waals surface area contributed by atoms with Gasteiger partial charge in [0.1, 0.15) is 6.04 Å². The molecule has 13 heavy (non-hydrogen) atoms. The summed E-state index contributed by atoms with van der Waals surface area (Å²) in [4.78, 5) is 23.1. The number of amides is 1. The summed E-state index contributed by atoms with van der Waals surface area (Å²) >= 11 is 0. The van der Waals surface area contributed by atoms with Crippen molar-refractivity contribution in [1.82, 2.24) is 4.90 Å². The van der Waals surface area contributed by atoms with Gasteiger partial charge in [0.2, 0.25) is 5.91 Å². The minimum Gasteiger partial charge on any atom is -0.480 e. The molecule has 1 unspecified atom stereocenters. The van der Waals surface area contributed by atoms with Crippen molar-refractivity contribution in [2.45, 2.75) is 25.3 Å². The number of carboxylic acid groups (broad SMARTS) is 1. The molecule has 1 amide bonds. The summed E-state index contributed by atoms with van der Waals surface area (Å²) in [5.41, 5.74) is 0.